The van der Waals surface area contributed by atoms with Crippen LogP contribution in [-0.4, -0.2) is 65.1 Å². The van der Waals surface area contributed by atoms with Crippen LogP contribution in [0.5, 0.6) is 0 Å². The zero-order chi connectivity index (χ0) is 23.9. The third-order valence-corrected chi connectivity index (χ3v) is 9.34. The van der Waals surface area contributed by atoms with Crippen molar-refractivity contribution in [3.05, 3.63) is 39.2 Å². The maximum absolute atomic E-state index is 13.4. The number of carbonyl (C=O) groups excluding carboxylic acids is 2. The number of piperidine rings is 1. The molecule has 1 aromatic carbocycles. The van der Waals surface area contributed by atoms with Gasteiger partial charge in [0.25, 0.3) is 5.91 Å². The average molecular weight is 549 g/mol. The quantitative estimate of drug-likeness (QED) is 0.347. The van der Waals surface area contributed by atoms with Crippen LogP contribution in [-0.2, 0) is 9.59 Å². The van der Waals surface area contributed by atoms with Gasteiger partial charge in [0, 0.05) is 34.9 Å². The molecule has 1 N–H and O–H groups in total. The molecule has 2 heterocycles. The summed E-state index contributed by atoms with van der Waals surface area (Å²) in [7, 11) is 0. The lowest BCUT2D eigenvalue weighted by atomic mass is 9.93. The number of fused-ring (bicyclic) bond motifs is 1. The van der Waals surface area contributed by atoms with E-state index in [0.717, 1.165) is 47.2 Å². The first-order valence-corrected chi connectivity index (χ1v) is 14.7. The summed E-state index contributed by atoms with van der Waals surface area (Å²) >= 11 is 5.23. The SMILES string of the molecule is CCC1CCCCN1CCCNC(=O)CN1C(=O)/C(=C\c2cccc(Br)c2)SC2CCCCC21. The van der Waals surface area contributed by atoms with Crippen LogP contribution in [0.1, 0.15) is 70.3 Å². The van der Waals surface area contributed by atoms with Crippen molar-refractivity contribution < 1.29 is 9.59 Å². The molecule has 3 atom stereocenters. The Hall–Kier alpha value is -1.31. The smallest absolute Gasteiger partial charge is 0.261 e. The van der Waals surface area contributed by atoms with E-state index in [2.05, 4.69) is 33.1 Å². The summed E-state index contributed by atoms with van der Waals surface area (Å²) in [5.74, 6) is -0.0283. The second-order valence-corrected chi connectivity index (χ2v) is 12.0. The van der Waals surface area contributed by atoms with E-state index >= 15 is 0 Å². The molecule has 1 saturated carbocycles. The number of rotatable bonds is 8. The Kier molecular flexibility index (Phi) is 9.54. The Morgan fingerprint density at radius 3 is 2.85 bits per heavy atom. The van der Waals surface area contributed by atoms with E-state index in [1.54, 1.807) is 11.8 Å². The molecule has 4 rings (SSSR count). The summed E-state index contributed by atoms with van der Waals surface area (Å²) in [6.45, 7) is 5.34. The highest BCUT2D eigenvalue weighted by molar-refractivity contribution is 9.10. The van der Waals surface area contributed by atoms with Gasteiger partial charge in [-0.25, -0.2) is 0 Å². The normalized spacial score (nSPS) is 27.0. The van der Waals surface area contributed by atoms with E-state index < -0.39 is 0 Å². The van der Waals surface area contributed by atoms with Crippen LogP contribution >= 0.6 is 27.7 Å². The second kappa shape index (κ2) is 12.6. The fraction of sp³-hybridized carbons (Fsp3) is 0.630. The number of thioether (sulfide) groups is 1. The number of amides is 2. The Bertz CT molecular complexity index is 892. The molecule has 3 fully saturated rings. The summed E-state index contributed by atoms with van der Waals surface area (Å²) in [6, 6.07) is 8.87. The molecule has 34 heavy (non-hydrogen) atoms. The highest BCUT2D eigenvalue weighted by Crippen LogP contribution is 2.42. The lowest BCUT2D eigenvalue weighted by Gasteiger charge is -2.43. The molecule has 5 nitrogen and oxygen atoms in total. The van der Waals surface area contributed by atoms with Crippen molar-refractivity contribution in [3.8, 4) is 0 Å². The minimum absolute atomic E-state index is 0.00220. The summed E-state index contributed by atoms with van der Waals surface area (Å²) in [4.78, 5) is 31.5. The molecule has 1 aliphatic carbocycles. The van der Waals surface area contributed by atoms with Gasteiger partial charge < -0.3 is 15.1 Å². The Morgan fingerprint density at radius 2 is 2.03 bits per heavy atom. The molecular formula is C27H38BrN3O2S. The molecule has 3 aliphatic rings. The maximum atomic E-state index is 13.4. The molecule has 3 unspecified atom stereocenters. The van der Waals surface area contributed by atoms with Gasteiger partial charge in [-0.2, -0.15) is 0 Å². The summed E-state index contributed by atoms with van der Waals surface area (Å²) in [6.07, 6.45) is 12.5. The number of nitrogens with zero attached hydrogens (tertiary/aromatic N) is 2. The van der Waals surface area contributed by atoms with E-state index in [1.165, 1.54) is 38.6 Å². The van der Waals surface area contributed by atoms with Crippen molar-refractivity contribution >= 4 is 45.6 Å². The molecule has 0 spiro atoms. The average Bonchev–Trinajstić information content (AvgIpc) is 2.84. The van der Waals surface area contributed by atoms with Gasteiger partial charge in [-0.1, -0.05) is 54.2 Å². The summed E-state index contributed by atoms with van der Waals surface area (Å²) in [5.41, 5.74) is 1.01. The van der Waals surface area contributed by atoms with Crippen molar-refractivity contribution in [2.24, 2.45) is 0 Å². The maximum Gasteiger partial charge on any atom is 0.261 e. The van der Waals surface area contributed by atoms with Crippen molar-refractivity contribution in [2.75, 3.05) is 26.2 Å². The lowest BCUT2D eigenvalue weighted by molar-refractivity contribution is -0.135. The van der Waals surface area contributed by atoms with Crippen molar-refractivity contribution in [2.45, 2.75) is 82.0 Å². The molecule has 0 radical (unpaired) electrons. The van der Waals surface area contributed by atoms with E-state index in [9.17, 15) is 9.59 Å². The molecular weight excluding hydrogens is 510 g/mol. The summed E-state index contributed by atoms with van der Waals surface area (Å²) in [5, 5.41) is 3.48. The van der Waals surface area contributed by atoms with Crippen molar-refractivity contribution in [1.82, 2.24) is 15.1 Å². The van der Waals surface area contributed by atoms with Gasteiger partial charge in [-0.05, 0) is 68.8 Å². The molecule has 1 aromatic rings. The number of carbonyl (C=O) groups is 2. The van der Waals surface area contributed by atoms with Gasteiger partial charge in [-0.3, -0.25) is 9.59 Å². The number of likely N-dealkylation sites (tertiary alicyclic amines) is 1. The molecule has 2 aliphatic heterocycles. The molecule has 2 amide bonds. The minimum atomic E-state index is -0.0305. The fourth-order valence-corrected chi connectivity index (χ4v) is 7.54. The monoisotopic (exact) mass is 547 g/mol. The third kappa shape index (κ3) is 6.67. The highest BCUT2D eigenvalue weighted by atomic mass is 79.9. The van der Waals surface area contributed by atoms with Crippen LogP contribution < -0.4 is 5.32 Å². The fourth-order valence-electron chi connectivity index (χ4n) is 5.65. The predicted molar refractivity (Wildman–Crippen MR) is 145 cm³/mol. The van der Waals surface area contributed by atoms with E-state index in [1.807, 2.05) is 35.2 Å². The lowest BCUT2D eigenvalue weighted by Crippen LogP contribution is -2.54. The van der Waals surface area contributed by atoms with Gasteiger partial charge in [0.15, 0.2) is 0 Å². The van der Waals surface area contributed by atoms with Crippen LogP contribution in [0.3, 0.4) is 0 Å². The van der Waals surface area contributed by atoms with Crippen molar-refractivity contribution in [1.29, 1.82) is 0 Å². The Balaban J connectivity index is 1.34. The van der Waals surface area contributed by atoms with Gasteiger partial charge in [0.1, 0.15) is 6.54 Å². The zero-order valence-electron chi connectivity index (χ0n) is 20.3. The second-order valence-electron chi connectivity index (χ2n) is 9.80. The van der Waals surface area contributed by atoms with Crippen LogP contribution in [0.4, 0.5) is 0 Å². The minimum Gasteiger partial charge on any atom is -0.355 e. The van der Waals surface area contributed by atoms with E-state index in [0.29, 0.717) is 17.8 Å². The predicted octanol–water partition coefficient (Wildman–Crippen LogP) is 5.45. The Labute approximate surface area is 217 Å². The van der Waals surface area contributed by atoms with Crippen LogP contribution in [0.2, 0.25) is 0 Å². The van der Waals surface area contributed by atoms with Gasteiger partial charge in [0.05, 0.1) is 4.91 Å². The van der Waals surface area contributed by atoms with E-state index in [4.69, 9.17) is 0 Å². The topological polar surface area (TPSA) is 52.7 Å². The first kappa shape index (κ1) is 25.8. The zero-order valence-corrected chi connectivity index (χ0v) is 22.7. The van der Waals surface area contributed by atoms with Crippen LogP contribution in [0.15, 0.2) is 33.6 Å². The highest BCUT2D eigenvalue weighted by Gasteiger charge is 2.41. The van der Waals surface area contributed by atoms with Gasteiger partial charge in [0.2, 0.25) is 5.91 Å². The molecule has 2 saturated heterocycles. The van der Waals surface area contributed by atoms with Crippen LogP contribution in [0.25, 0.3) is 6.08 Å². The van der Waals surface area contributed by atoms with Crippen molar-refractivity contribution in [3.63, 3.8) is 0 Å². The summed E-state index contributed by atoms with van der Waals surface area (Å²) < 4.78 is 0.997. The van der Waals surface area contributed by atoms with Gasteiger partial charge >= 0.3 is 0 Å². The van der Waals surface area contributed by atoms with E-state index in [-0.39, 0.29) is 24.4 Å². The third-order valence-electron chi connectivity index (χ3n) is 7.44. The van der Waals surface area contributed by atoms with Gasteiger partial charge in [-0.15, -0.1) is 11.8 Å². The standard InChI is InChI=1S/C27H38BrN3O2S/c1-2-22-11-5-6-15-30(22)16-8-14-29-26(32)19-31-23-12-3-4-13-24(23)34-25(27(31)33)18-20-9-7-10-21(28)17-20/h7,9-10,17-18,22-24H,2-6,8,11-16,19H2,1H3,(H,29,32)/b25-18+. The molecule has 0 bridgehead atoms. The molecule has 0 aromatic heterocycles. The largest absolute Gasteiger partial charge is 0.355 e. The molecule has 186 valence electrons. The van der Waals surface area contributed by atoms with Crippen LogP contribution in [0, 0.1) is 0 Å². The first-order chi connectivity index (χ1) is 16.5. The first-order valence-electron chi connectivity index (χ1n) is 13.0. The number of halogens is 1. The Morgan fingerprint density at radius 1 is 1.21 bits per heavy atom. The molecule has 7 heteroatoms. The number of nitrogens with one attached hydrogen (secondary N) is 1. The number of hydrogen-bond donors (Lipinski definition) is 1. The number of benzene rings is 1. The number of hydrogen-bond acceptors (Lipinski definition) is 4.